The first-order valence-corrected chi connectivity index (χ1v) is 8.01. The third-order valence-electron chi connectivity index (χ3n) is 2.39. The van der Waals surface area contributed by atoms with Crippen molar-refractivity contribution >= 4 is 66.4 Å². The molecule has 3 nitrogen and oxygen atoms in total. The molecule has 19 heavy (non-hydrogen) atoms. The predicted octanol–water partition coefficient (Wildman–Crippen LogP) is 4.57. The van der Waals surface area contributed by atoms with E-state index in [-0.39, 0.29) is 0 Å². The van der Waals surface area contributed by atoms with Gasteiger partial charge >= 0.3 is 0 Å². The van der Waals surface area contributed by atoms with Crippen LogP contribution in [0.1, 0.15) is 10.9 Å². The van der Waals surface area contributed by atoms with E-state index in [4.69, 9.17) is 17.3 Å². The highest BCUT2D eigenvalue weighted by Crippen LogP contribution is 2.36. The third-order valence-corrected chi connectivity index (χ3v) is 5.96. The fourth-order valence-electron chi connectivity index (χ4n) is 1.50. The highest BCUT2D eigenvalue weighted by molar-refractivity contribution is 9.13. The van der Waals surface area contributed by atoms with Crippen LogP contribution in [0.25, 0.3) is 0 Å². The number of nitrogens with one attached hydrogen (secondary N) is 1. The largest absolute Gasteiger partial charge is 0.369 e. The predicted molar refractivity (Wildman–Crippen MR) is 86.7 cm³/mol. The monoisotopic (exact) mass is 422 g/mol. The van der Waals surface area contributed by atoms with Crippen molar-refractivity contribution < 1.29 is 4.79 Å². The van der Waals surface area contributed by atoms with E-state index in [0.29, 0.717) is 5.02 Å². The average Bonchev–Trinajstić information content (AvgIpc) is 2.68. The molecular weight excluding hydrogens is 415 g/mol. The number of rotatable bonds is 4. The Hall–Kier alpha value is -0.560. The fraction of sp³-hybridized carbons (Fsp3) is 0.0833. The Morgan fingerprint density at radius 2 is 1.95 bits per heavy atom. The van der Waals surface area contributed by atoms with Crippen molar-refractivity contribution in [3.8, 4) is 0 Å². The van der Waals surface area contributed by atoms with E-state index in [2.05, 4.69) is 37.2 Å². The lowest BCUT2D eigenvalue weighted by Crippen LogP contribution is -2.26. The molecule has 1 amide bonds. The maximum Gasteiger partial charge on any atom is 0.245 e. The highest BCUT2D eigenvalue weighted by Gasteiger charge is 2.21. The first-order chi connectivity index (χ1) is 8.97. The van der Waals surface area contributed by atoms with Gasteiger partial charge in [-0.15, -0.1) is 11.3 Å². The van der Waals surface area contributed by atoms with Gasteiger partial charge in [0, 0.05) is 20.1 Å². The van der Waals surface area contributed by atoms with Crippen molar-refractivity contribution in [2.45, 2.75) is 6.04 Å². The number of halogens is 3. The summed E-state index contributed by atoms with van der Waals surface area (Å²) in [6.45, 7) is 0. The van der Waals surface area contributed by atoms with Crippen LogP contribution in [-0.2, 0) is 4.79 Å². The van der Waals surface area contributed by atoms with Crippen LogP contribution in [0.2, 0.25) is 5.02 Å². The van der Waals surface area contributed by atoms with Crippen LogP contribution in [0.4, 0.5) is 5.69 Å². The van der Waals surface area contributed by atoms with Crippen LogP contribution in [0.15, 0.2) is 38.6 Å². The van der Waals surface area contributed by atoms with Crippen LogP contribution >= 0.6 is 54.8 Å². The summed E-state index contributed by atoms with van der Waals surface area (Å²) in [5.41, 5.74) is 6.24. The van der Waals surface area contributed by atoms with Gasteiger partial charge in [0.2, 0.25) is 5.91 Å². The lowest BCUT2D eigenvalue weighted by Gasteiger charge is -2.15. The molecule has 0 spiro atoms. The summed E-state index contributed by atoms with van der Waals surface area (Å²) in [4.78, 5) is 12.4. The zero-order valence-electron chi connectivity index (χ0n) is 9.49. The Bertz CT molecular complexity index is 581. The van der Waals surface area contributed by atoms with Gasteiger partial charge in [-0.1, -0.05) is 11.6 Å². The first-order valence-electron chi connectivity index (χ1n) is 5.23. The topological polar surface area (TPSA) is 55.1 Å². The van der Waals surface area contributed by atoms with Crippen molar-refractivity contribution in [1.29, 1.82) is 0 Å². The van der Waals surface area contributed by atoms with Gasteiger partial charge in [-0.05, 0) is 62.2 Å². The number of primary amides is 1. The molecule has 0 aliphatic heterocycles. The van der Waals surface area contributed by atoms with Gasteiger partial charge < -0.3 is 11.1 Å². The van der Waals surface area contributed by atoms with Crippen LogP contribution < -0.4 is 11.1 Å². The van der Waals surface area contributed by atoms with E-state index in [1.807, 2.05) is 6.07 Å². The molecule has 7 heteroatoms. The lowest BCUT2D eigenvalue weighted by atomic mass is 10.2. The summed E-state index contributed by atoms with van der Waals surface area (Å²) in [6, 6.07) is 8.40. The molecule has 0 aliphatic rings. The summed E-state index contributed by atoms with van der Waals surface area (Å²) in [6.07, 6.45) is 0. The Morgan fingerprint density at radius 3 is 2.42 bits per heavy atom. The Kier molecular flexibility index (Phi) is 4.89. The normalized spacial score (nSPS) is 12.2. The minimum absolute atomic E-state index is 0.434. The number of carbonyl (C=O) groups excluding carboxylic acids is 1. The number of carbonyl (C=O) groups is 1. The van der Waals surface area contributed by atoms with E-state index in [1.54, 1.807) is 24.3 Å². The molecule has 1 unspecified atom stereocenters. The molecule has 100 valence electrons. The van der Waals surface area contributed by atoms with Gasteiger partial charge in [0.15, 0.2) is 0 Å². The second-order valence-corrected chi connectivity index (χ2v) is 7.45. The third kappa shape index (κ3) is 3.72. The Labute approximate surface area is 136 Å². The second kappa shape index (κ2) is 6.26. The first kappa shape index (κ1) is 14.8. The van der Waals surface area contributed by atoms with Gasteiger partial charge in [0.05, 0.1) is 3.79 Å². The van der Waals surface area contributed by atoms with Gasteiger partial charge in [0.1, 0.15) is 6.04 Å². The number of amides is 1. The molecule has 1 atom stereocenters. The number of nitrogens with two attached hydrogens (primary N) is 1. The summed E-state index contributed by atoms with van der Waals surface area (Å²) in [5, 5.41) is 3.74. The minimum atomic E-state index is -0.575. The maximum atomic E-state index is 11.6. The number of anilines is 1. The number of hydrogen-bond acceptors (Lipinski definition) is 3. The van der Waals surface area contributed by atoms with E-state index < -0.39 is 11.9 Å². The molecule has 0 radical (unpaired) electrons. The Balaban J connectivity index is 2.26. The van der Waals surface area contributed by atoms with Gasteiger partial charge in [-0.25, -0.2) is 0 Å². The molecule has 0 bridgehead atoms. The van der Waals surface area contributed by atoms with Crippen molar-refractivity contribution in [1.82, 2.24) is 0 Å². The number of benzene rings is 1. The van der Waals surface area contributed by atoms with Crippen LogP contribution in [0.5, 0.6) is 0 Å². The van der Waals surface area contributed by atoms with E-state index in [9.17, 15) is 4.79 Å². The van der Waals surface area contributed by atoms with Crippen LogP contribution in [-0.4, -0.2) is 5.91 Å². The maximum absolute atomic E-state index is 11.6. The van der Waals surface area contributed by atoms with Gasteiger partial charge in [-0.3, -0.25) is 4.79 Å². The molecule has 0 aliphatic carbocycles. The van der Waals surface area contributed by atoms with E-state index in [1.165, 1.54) is 11.3 Å². The minimum Gasteiger partial charge on any atom is -0.369 e. The summed E-state index contributed by atoms with van der Waals surface area (Å²) in [5.74, 6) is -0.434. The lowest BCUT2D eigenvalue weighted by molar-refractivity contribution is -0.118. The standard InChI is InChI=1S/C12H9Br2ClN2OS/c13-8-5-9(19-11(8)14)10(12(16)18)17-7-3-1-6(15)2-4-7/h1-5,10,17H,(H2,16,18). The van der Waals surface area contributed by atoms with Crippen LogP contribution in [0, 0.1) is 0 Å². The van der Waals surface area contributed by atoms with Crippen LogP contribution in [0.3, 0.4) is 0 Å². The van der Waals surface area contributed by atoms with E-state index >= 15 is 0 Å². The van der Waals surface area contributed by atoms with Gasteiger partial charge in [-0.2, -0.15) is 0 Å². The zero-order chi connectivity index (χ0) is 14.0. The molecule has 0 fully saturated rings. The summed E-state index contributed by atoms with van der Waals surface area (Å²) in [7, 11) is 0. The SMILES string of the molecule is NC(=O)C(Nc1ccc(Cl)cc1)c1cc(Br)c(Br)s1. The molecule has 1 heterocycles. The molecule has 0 saturated heterocycles. The number of hydrogen-bond donors (Lipinski definition) is 2. The Morgan fingerprint density at radius 1 is 1.32 bits per heavy atom. The van der Waals surface area contributed by atoms with Gasteiger partial charge in [0.25, 0.3) is 0 Å². The molecule has 2 aromatic rings. The quantitative estimate of drug-likeness (QED) is 0.756. The molecule has 1 aromatic carbocycles. The molecule has 1 aromatic heterocycles. The molecule has 3 N–H and O–H groups in total. The smallest absolute Gasteiger partial charge is 0.245 e. The van der Waals surface area contributed by atoms with Crippen molar-refractivity contribution in [2.75, 3.05) is 5.32 Å². The zero-order valence-corrected chi connectivity index (χ0v) is 14.2. The molecule has 0 saturated carbocycles. The number of thiophene rings is 1. The summed E-state index contributed by atoms with van der Waals surface area (Å²) < 4.78 is 1.82. The average molecular weight is 425 g/mol. The molecular formula is C12H9Br2ClN2OS. The fourth-order valence-corrected chi connectivity index (χ4v) is 3.78. The molecule has 2 rings (SSSR count). The summed E-state index contributed by atoms with van der Waals surface area (Å²) >= 11 is 14.1. The van der Waals surface area contributed by atoms with Crippen molar-refractivity contribution in [3.63, 3.8) is 0 Å². The highest BCUT2D eigenvalue weighted by atomic mass is 79.9. The van der Waals surface area contributed by atoms with E-state index in [0.717, 1.165) is 18.8 Å². The van der Waals surface area contributed by atoms with Crippen molar-refractivity contribution in [2.24, 2.45) is 5.73 Å². The van der Waals surface area contributed by atoms with Crippen molar-refractivity contribution in [3.05, 3.63) is 48.5 Å². The second-order valence-electron chi connectivity index (χ2n) is 3.76.